The summed E-state index contributed by atoms with van der Waals surface area (Å²) in [5, 5.41) is 24.2. The van der Waals surface area contributed by atoms with E-state index in [4.69, 9.17) is 9.47 Å². The average Bonchev–Trinajstić information content (AvgIpc) is 3.23. The number of H-pyrrole nitrogens is 1. The number of pyridine rings is 1. The first-order chi connectivity index (χ1) is 13.5. The van der Waals surface area contributed by atoms with Gasteiger partial charge in [0.25, 0.3) is 0 Å². The van der Waals surface area contributed by atoms with Crippen molar-refractivity contribution in [3.63, 3.8) is 0 Å². The zero-order chi connectivity index (χ0) is 20.1. The van der Waals surface area contributed by atoms with Gasteiger partial charge in [-0.25, -0.2) is 4.79 Å². The molecule has 0 aliphatic rings. The molecule has 0 radical (unpaired) electrons. The van der Waals surface area contributed by atoms with Gasteiger partial charge in [-0.15, -0.1) is 10.2 Å². The van der Waals surface area contributed by atoms with E-state index in [0.717, 1.165) is 11.3 Å². The Bertz CT molecular complexity index is 955. The van der Waals surface area contributed by atoms with E-state index in [1.54, 1.807) is 21.0 Å². The summed E-state index contributed by atoms with van der Waals surface area (Å²) in [5.74, 6) is 0.123. The van der Waals surface area contributed by atoms with Crippen molar-refractivity contribution < 1.29 is 19.4 Å². The molecule has 2 N–H and O–H groups in total. The highest BCUT2D eigenvalue weighted by molar-refractivity contribution is 5.99. The summed E-state index contributed by atoms with van der Waals surface area (Å²) in [6.07, 6.45) is 1.10. The van der Waals surface area contributed by atoms with E-state index < -0.39 is 5.97 Å². The van der Waals surface area contributed by atoms with Crippen LogP contribution in [0.15, 0.2) is 24.3 Å². The van der Waals surface area contributed by atoms with Crippen LogP contribution in [0.2, 0.25) is 0 Å². The minimum Gasteiger partial charge on any atom is -0.505 e. The summed E-state index contributed by atoms with van der Waals surface area (Å²) in [6, 6.07) is 7.66. The number of aromatic amines is 1. The number of aryl methyl sites for hydroxylation is 3. The van der Waals surface area contributed by atoms with Crippen LogP contribution in [-0.2, 0) is 17.6 Å². The smallest absolute Gasteiger partial charge is 0.340 e. The number of tetrazole rings is 1. The van der Waals surface area contributed by atoms with Crippen LogP contribution >= 0.6 is 0 Å². The lowest BCUT2D eigenvalue weighted by molar-refractivity contribution is 0.0525. The van der Waals surface area contributed by atoms with Gasteiger partial charge < -0.3 is 14.6 Å². The standard InChI is InChI=1S/C19H21N5O4/c1-4-28-19(26)15-14(10-7-12-5-8-13(27-3)9-6-12)20-11(2)17(25)16(15)18-21-23-24-22-18/h5-6,8-9,25H,4,7,10H2,1-3H3,(H,21,22,23,24). The summed E-state index contributed by atoms with van der Waals surface area (Å²) in [7, 11) is 1.61. The Morgan fingerprint density at radius 3 is 2.57 bits per heavy atom. The van der Waals surface area contributed by atoms with Crippen molar-refractivity contribution in [3.8, 4) is 22.9 Å². The molecule has 0 unspecified atom stereocenters. The van der Waals surface area contributed by atoms with Crippen LogP contribution < -0.4 is 4.74 Å². The molecule has 0 saturated carbocycles. The number of nitrogens with zero attached hydrogens (tertiary/aromatic N) is 4. The predicted octanol–water partition coefficient (Wildman–Crippen LogP) is 2.25. The number of aromatic hydroxyl groups is 1. The van der Waals surface area contributed by atoms with Gasteiger partial charge in [0.05, 0.1) is 36.2 Å². The number of ether oxygens (including phenoxy) is 2. The molecule has 9 heteroatoms. The monoisotopic (exact) mass is 383 g/mol. The van der Waals surface area contributed by atoms with Crippen molar-refractivity contribution in [1.82, 2.24) is 25.6 Å². The fourth-order valence-corrected chi connectivity index (χ4v) is 2.90. The van der Waals surface area contributed by atoms with Crippen molar-refractivity contribution in [2.24, 2.45) is 0 Å². The molecular formula is C19H21N5O4. The number of nitrogens with one attached hydrogen (secondary N) is 1. The Morgan fingerprint density at radius 2 is 1.96 bits per heavy atom. The van der Waals surface area contributed by atoms with Crippen LogP contribution in [0.4, 0.5) is 0 Å². The minimum absolute atomic E-state index is 0.108. The molecule has 0 saturated heterocycles. The third-order valence-electron chi connectivity index (χ3n) is 4.28. The number of hydrogen-bond donors (Lipinski definition) is 2. The van der Waals surface area contributed by atoms with Gasteiger partial charge in [-0.2, -0.15) is 5.21 Å². The fraction of sp³-hybridized carbons (Fsp3) is 0.316. The molecule has 2 heterocycles. The van der Waals surface area contributed by atoms with Crippen molar-refractivity contribution in [2.45, 2.75) is 26.7 Å². The van der Waals surface area contributed by atoms with Crippen LogP contribution in [0.3, 0.4) is 0 Å². The maximum absolute atomic E-state index is 12.7. The van der Waals surface area contributed by atoms with Crippen LogP contribution in [0.25, 0.3) is 11.4 Å². The highest BCUT2D eigenvalue weighted by Crippen LogP contribution is 2.34. The Kier molecular flexibility index (Phi) is 5.83. The molecule has 28 heavy (non-hydrogen) atoms. The zero-order valence-corrected chi connectivity index (χ0v) is 15.9. The maximum Gasteiger partial charge on any atom is 0.340 e. The van der Waals surface area contributed by atoms with Crippen LogP contribution in [0.5, 0.6) is 11.5 Å². The number of aromatic nitrogens is 5. The lowest BCUT2D eigenvalue weighted by Gasteiger charge is -2.15. The van der Waals surface area contributed by atoms with Gasteiger partial charge in [0.1, 0.15) is 11.5 Å². The number of hydrogen-bond acceptors (Lipinski definition) is 8. The molecule has 0 spiro atoms. The van der Waals surface area contributed by atoms with Gasteiger partial charge in [-0.1, -0.05) is 12.1 Å². The van der Waals surface area contributed by atoms with E-state index in [-0.39, 0.29) is 29.3 Å². The Labute approximate surface area is 161 Å². The van der Waals surface area contributed by atoms with E-state index in [9.17, 15) is 9.90 Å². The Morgan fingerprint density at radius 1 is 1.21 bits per heavy atom. The van der Waals surface area contributed by atoms with Crippen molar-refractivity contribution >= 4 is 5.97 Å². The summed E-state index contributed by atoms with van der Waals surface area (Å²) >= 11 is 0. The number of benzene rings is 1. The molecule has 146 valence electrons. The lowest BCUT2D eigenvalue weighted by atomic mass is 9.98. The largest absolute Gasteiger partial charge is 0.505 e. The van der Waals surface area contributed by atoms with Gasteiger partial charge in [0.2, 0.25) is 5.82 Å². The number of carbonyl (C=O) groups excluding carboxylic acids is 1. The number of rotatable bonds is 7. The van der Waals surface area contributed by atoms with Gasteiger partial charge in [-0.05, 0) is 49.6 Å². The van der Waals surface area contributed by atoms with Crippen LogP contribution in [-0.4, -0.2) is 50.4 Å². The van der Waals surface area contributed by atoms with Crippen molar-refractivity contribution in [2.75, 3.05) is 13.7 Å². The highest BCUT2D eigenvalue weighted by Gasteiger charge is 2.27. The minimum atomic E-state index is -0.588. The number of esters is 1. The molecule has 9 nitrogen and oxygen atoms in total. The molecule has 3 rings (SSSR count). The third kappa shape index (κ3) is 3.93. The van der Waals surface area contributed by atoms with E-state index in [0.29, 0.717) is 24.2 Å². The van der Waals surface area contributed by atoms with Crippen molar-refractivity contribution in [3.05, 3.63) is 46.8 Å². The zero-order valence-electron chi connectivity index (χ0n) is 15.9. The molecule has 2 aromatic heterocycles. The molecule has 0 aliphatic carbocycles. The van der Waals surface area contributed by atoms with Crippen LogP contribution in [0.1, 0.15) is 34.2 Å². The fourth-order valence-electron chi connectivity index (χ4n) is 2.90. The van der Waals surface area contributed by atoms with E-state index in [1.165, 1.54) is 0 Å². The molecule has 0 fully saturated rings. The van der Waals surface area contributed by atoms with E-state index >= 15 is 0 Å². The van der Waals surface area contributed by atoms with Gasteiger partial charge in [0.15, 0.2) is 0 Å². The second-order valence-electron chi connectivity index (χ2n) is 6.05. The molecule has 3 aromatic rings. The normalized spacial score (nSPS) is 10.7. The molecule has 0 aliphatic heterocycles. The molecule has 0 amide bonds. The van der Waals surface area contributed by atoms with Gasteiger partial charge in [0, 0.05) is 0 Å². The first kappa shape index (κ1) is 19.3. The van der Waals surface area contributed by atoms with Crippen LogP contribution in [0, 0.1) is 6.92 Å². The average molecular weight is 383 g/mol. The topological polar surface area (TPSA) is 123 Å². The quantitative estimate of drug-likeness (QED) is 0.596. The van der Waals surface area contributed by atoms with E-state index in [2.05, 4.69) is 25.6 Å². The lowest BCUT2D eigenvalue weighted by Crippen LogP contribution is -2.14. The molecule has 0 atom stereocenters. The van der Waals surface area contributed by atoms with Gasteiger partial charge >= 0.3 is 5.97 Å². The first-order valence-corrected chi connectivity index (χ1v) is 8.81. The number of methoxy groups -OCH3 is 1. The second-order valence-corrected chi connectivity index (χ2v) is 6.05. The highest BCUT2D eigenvalue weighted by atomic mass is 16.5. The SMILES string of the molecule is CCOC(=O)c1c(CCc2ccc(OC)cc2)nc(C)c(O)c1-c1nn[nH]n1. The van der Waals surface area contributed by atoms with Crippen molar-refractivity contribution in [1.29, 1.82) is 0 Å². The maximum atomic E-state index is 12.7. The number of carbonyl (C=O) groups is 1. The third-order valence-corrected chi connectivity index (χ3v) is 4.28. The Hall–Kier alpha value is -3.49. The van der Waals surface area contributed by atoms with Gasteiger partial charge in [-0.3, -0.25) is 4.98 Å². The summed E-state index contributed by atoms with van der Waals surface area (Å²) in [6.45, 7) is 3.56. The summed E-state index contributed by atoms with van der Waals surface area (Å²) in [5.41, 5.74) is 2.26. The predicted molar refractivity (Wildman–Crippen MR) is 100 cm³/mol. The Balaban J connectivity index is 2.02. The molecule has 0 bridgehead atoms. The summed E-state index contributed by atoms with van der Waals surface area (Å²) in [4.78, 5) is 17.1. The van der Waals surface area contributed by atoms with E-state index in [1.807, 2.05) is 24.3 Å². The second kappa shape index (κ2) is 8.47. The summed E-state index contributed by atoms with van der Waals surface area (Å²) < 4.78 is 10.4. The molecule has 1 aromatic carbocycles. The first-order valence-electron chi connectivity index (χ1n) is 8.81. The molecular weight excluding hydrogens is 362 g/mol.